The first-order chi connectivity index (χ1) is 8.48. The average Bonchev–Trinajstić information content (AvgIpc) is 2.79. The molecule has 5 nitrogen and oxygen atoms in total. The van der Waals surface area contributed by atoms with E-state index in [9.17, 15) is 5.11 Å². The van der Waals surface area contributed by atoms with Crippen molar-refractivity contribution in [2.45, 2.75) is 26.2 Å². The minimum atomic E-state index is -0.138. The van der Waals surface area contributed by atoms with Crippen molar-refractivity contribution < 1.29 is 5.11 Å². The summed E-state index contributed by atoms with van der Waals surface area (Å²) in [6.45, 7) is 6.11. The molecule has 2 rings (SSSR count). The van der Waals surface area contributed by atoms with Gasteiger partial charge in [-0.15, -0.1) is 9.91 Å². The summed E-state index contributed by atoms with van der Waals surface area (Å²) in [5.74, 6) is 0.168. The van der Waals surface area contributed by atoms with Crippen LogP contribution in [-0.4, -0.2) is 15.0 Å². The lowest BCUT2D eigenvalue weighted by Crippen LogP contribution is -2.10. The highest BCUT2D eigenvalue weighted by Gasteiger charge is 2.19. The third kappa shape index (κ3) is 2.56. The van der Waals surface area contributed by atoms with E-state index in [1.807, 2.05) is 32.9 Å². The van der Waals surface area contributed by atoms with Crippen molar-refractivity contribution in [3.63, 3.8) is 0 Å². The van der Waals surface area contributed by atoms with Crippen LogP contribution in [0.2, 0.25) is 0 Å². The Morgan fingerprint density at radius 1 is 1.22 bits per heavy atom. The van der Waals surface area contributed by atoms with E-state index >= 15 is 0 Å². The van der Waals surface area contributed by atoms with E-state index in [0.717, 1.165) is 5.56 Å². The molecule has 1 aromatic carbocycles. The lowest BCUT2D eigenvalue weighted by atomic mass is 9.86. The summed E-state index contributed by atoms with van der Waals surface area (Å²) < 4.78 is 0. The van der Waals surface area contributed by atoms with Crippen LogP contribution < -0.4 is 0 Å². The number of hydrogen-bond acceptors (Lipinski definition) is 4. The quantitative estimate of drug-likeness (QED) is 0.822. The molecule has 0 amide bonds. The van der Waals surface area contributed by atoms with Crippen LogP contribution in [0.1, 0.15) is 26.3 Å². The topological polar surface area (TPSA) is 62.8 Å². The van der Waals surface area contributed by atoms with Gasteiger partial charge in [0.15, 0.2) is 0 Å². The molecule has 0 unspecified atom stereocenters. The summed E-state index contributed by atoms with van der Waals surface area (Å²) in [5, 5.41) is 22.0. The Hall–Kier alpha value is -2.17. The summed E-state index contributed by atoms with van der Waals surface area (Å²) >= 11 is 0. The second-order valence-electron chi connectivity index (χ2n) is 5.04. The van der Waals surface area contributed by atoms with Crippen molar-refractivity contribution in [1.82, 2.24) is 9.89 Å². The SMILES string of the molecule is CC(C)(C)c1cccc(N=Nn2cccn2)c1O. The van der Waals surface area contributed by atoms with Crippen molar-refractivity contribution in [3.05, 3.63) is 42.2 Å². The maximum atomic E-state index is 10.2. The molecule has 18 heavy (non-hydrogen) atoms. The standard InChI is InChI=1S/C13H16N4O/c1-13(2,3)10-6-4-7-11(12(10)18)15-16-17-9-5-8-14-17/h4-9,18H,1-3H3. The number of rotatable bonds is 2. The van der Waals surface area contributed by atoms with Gasteiger partial charge in [-0.1, -0.05) is 32.9 Å². The van der Waals surface area contributed by atoms with E-state index in [0.29, 0.717) is 5.69 Å². The van der Waals surface area contributed by atoms with Crippen molar-refractivity contribution in [2.24, 2.45) is 10.3 Å². The summed E-state index contributed by atoms with van der Waals surface area (Å²) in [5.41, 5.74) is 1.15. The fourth-order valence-corrected chi connectivity index (χ4v) is 1.62. The molecule has 94 valence electrons. The molecule has 0 aliphatic heterocycles. The predicted octanol–water partition coefficient (Wildman–Crippen LogP) is 3.43. The van der Waals surface area contributed by atoms with E-state index in [1.54, 1.807) is 24.5 Å². The molecule has 0 spiro atoms. The van der Waals surface area contributed by atoms with Crippen LogP contribution in [0.25, 0.3) is 0 Å². The maximum absolute atomic E-state index is 10.2. The maximum Gasteiger partial charge on any atom is 0.146 e. The van der Waals surface area contributed by atoms with Gasteiger partial charge in [-0.05, 0) is 22.8 Å². The molecule has 5 heteroatoms. The molecule has 2 aromatic rings. The molecular weight excluding hydrogens is 228 g/mol. The van der Waals surface area contributed by atoms with Gasteiger partial charge in [-0.3, -0.25) is 0 Å². The number of hydrogen-bond donors (Lipinski definition) is 1. The molecule has 0 atom stereocenters. The molecule has 0 bridgehead atoms. The largest absolute Gasteiger partial charge is 0.505 e. The number of para-hydroxylation sites is 1. The van der Waals surface area contributed by atoms with Gasteiger partial charge < -0.3 is 5.11 Å². The monoisotopic (exact) mass is 244 g/mol. The minimum Gasteiger partial charge on any atom is -0.505 e. The first-order valence-electron chi connectivity index (χ1n) is 5.72. The first kappa shape index (κ1) is 12.3. The molecule has 0 radical (unpaired) electrons. The van der Waals surface area contributed by atoms with Gasteiger partial charge in [0.1, 0.15) is 11.4 Å². The minimum absolute atomic E-state index is 0.138. The molecule has 1 N–H and O–H groups in total. The Kier molecular flexibility index (Phi) is 3.14. The van der Waals surface area contributed by atoms with Crippen molar-refractivity contribution >= 4 is 5.69 Å². The van der Waals surface area contributed by atoms with E-state index in [-0.39, 0.29) is 11.2 Å². The van der Waals surface area contributed by atoms with Crippen LogP contribution in [0.3, 0.4) is 0 Å². The van der Waals surface area contributed by atoms with Crippen molar-refractivity contribution in [2.75, 3.05) is 0 Å². The van der Waals surface area contributed by atoms with Gasteiger partial charge in [0, 0.05) is 5.56 Å². The second-order valence-corrected chi connectivity index (χ2v) is 5.04. The highest BCUT2D eigenvalue weighted by Crippen LogP contribution is 2.37. The molecule has 0 saturated heterocycles. The second kappa shape index (κ2) is 4.60. The fraction of sp³-hybridized carbons (Fsp3) is 0.308. The van der Waals surface area contributed by atoms with Crippen LogP contribution in [0, 0.1) is 0 Å². The summed E-state index contributed by atoms with van der Waals surface area (Å²) in [4.78, 5) is 1.34. The molecule has 1 heterocycles. The van der Waals surface area contributed by atoms with E-state index < -0.39 is 0 Å². The molecule has 0 aliphatic rings. The number of benzene rings is 1. The molecule has 0 aliphatic carbocycles. The number of aromatic nitrogens is 2. The van der Waals surface area contributed by atoms with Crippen LogP contribution >= 0.6 is 0 Å². The number of nitrogens with zero attached hydrogens (tertiary/aromatic N) is 4. The predicted molar refractivity (Wildman–Crippen MR) is 68.9 cm³/mol. The van der Waals surface area contributed by atoms with Gasteiger partial charge >= 0.3 is 0 Å². The highest BCUT2D eigenvalue weighted by molar-refractivity contribution is 5.56. The highest BCUT2D eigenvalue weighted by atomic mass is 16.3. The summed E-state index contributed by atoms with van der Waals surface area (Å²) in [7, 11) is 0. The summed E-state index contributed by atoms with van der Waals surface area (Å²) in [6, 6.07) is 7.22. The third-order valence-electron chi connectivity index (χ3n) is 2.56. The Labute approximate surface area is 106 Å². The Bertz CT molecular complexity index is 553. The molecule has 0 fully saturated rings. The van der Waals surface area contributed by atoms with Gasteiger partial charge in [0.05, 0.1) is 12.4 Å². The first-order valence-corrected chi connectivity index (χ1v) is 5.72. The van der Waals surface area contributed by atoms with E-state index in [2.05, 4.69) is 15.4 Å². The Morgan fingerprint density at radius 3 is 2.61 bits per heavy atom. The molecule has 1 aromatic heterocycles. The average molecular weight is 244 g/mol. The van der Waals surface area contributed by atoms with E-state index in [4.69, 9.17) is 0 Å². The van der Waals surface area contributed by atoms with Gasteiger partial charge in [-0.2, -0.15) is 5.10 Å². The fourth-order valence-electron chi connectivity index (χ4n) is 1.62. The molecule has 0 saturated carbocycles. The van der Waals surface area contributed by atoms with Crippen LogP contribution in [0.15, 0.2) is 47.0 Å². The zero-order valence-corrected chi connectivity index (χ0v) is 10.7. The smallest absolute Gasteiger partial charge is 0.146 e. The Morgan fingerprint density at radius 2 is 2.00 bits per heavy atom. The van der Waals surface area contributed by atoms with Gasteiger partial charge in [-0.25, -0.2) is 0 Å². The lowest BCUT2D eigenvalue weighted by Gasteiger charge is -2.20. The van der Waals surface area contributed by atoms with Crippen molar-refractivity contribution in [3.8, 4) is 5.75 Å². The lowest BCUT2D eigenvalue weighted by molar-refractivity contribution is 0.447. The van der Waals surface area contributed by atoms with E-state index in [1.165, 1.54) is 4.79 Å². The van der Waals surface area contributed by atoms with Gasteiger partial charge in [0.25, 0.3) is 0 Å². The third-order valence-corrected chi connectivity index (χ3v) is 2.56. The summed E-state index contributed by atoms with van der Waals surface area (Å²) in [6.07, 6.45) is 3.29. The van der Waals surface area contributed by atoms with Crippen LogP contribution in [0.4, 0.5) is 5.69 Å². The van der Waals surface area contributed by atoms with Crippen LogP contribution in [-0.2, 0) is 5.41 Å². The van der Waals surface area contributed by atoms with Gasteiger partial charge in [0.2, 0.25) is 0 Å². The number of phenolic OH excluding ortho intramolecular Hbond substituents is 1. The Balaban J connectivity index is 2.35. The number of aromatic hydroxyl groups is 1. The van der Waals surface area contributed by atoms with Crippen LogP contribution in [0.5, 0.6) is 5.75 Å². The van der Waals surface area contributed by atoms with Crippen molar-refractivity contribution in [1.29, 1.82) is 0 Å². The number of phenols is 1. The molecular formula is C13H16N4O. The normalized spacial score (nSPS) is 12.2. The zero-order valence-electron chi connectivity index (χ0n) is 10.7. The zero-order chi connectivity index (χ0) is 13.2.